The summed E-state index contributed by atoms with van der Waals surface area (Å²) in [7, 11) is 1.67. The van der Waals surface area contributed by atoms with Crippen molar-refractivity contribution in [2.45, 2.75) is 37.3 Å². The second-order valence-electron chi connectivity index (χ2n) is 4.05. The molecule has 0 spiro atoms. The minimum atomic E-state index is -0.768. The fraction of sp³-hybridized carbons (Fsp3) is 0.889. The minimum absolute atomic E-state index is 0.186. The van der Waals surface area contributed by atoms with Crippen molar-refractivity contribution in [2.75, 3.05) is 12.9 Å². The van der Waals surface area contributed by atoms with Crippen LogP contribution in [0.3, 0.4) is 0 Å². The van der Waals surface area contributed by atoms with Crippen LogP contribution in [0.5, 0.6) is 0 Å². The summed E-state index contributed by atoms with van der Waals surface area (Å²) in [4.78, 5) is 10.7. The molecule has 0 radical (unpaired) electrons. The summed E-state index contributed by atoms with van der Waals surface area (Å²) < 4.78 is 5.29. The zero-order valence-electron chi connectivity index (χ0n) is 8.74. The van der Waals surface area contributed by atoms with Crippen molar-refractivity contribution in [3.05, 3.63) is 0 Å². The summed E-state index contributed by atoms with van der Waals surface area (Å²) in [5.41, 5.74) is -0.196. The lowest BCUT2D eigenvalue weighted by Crippen LogP contribution is -2.39. The van der Waals surface area contributed by atoms with E-state index in [1.54, 1.807) is 18.9 Å². The third kappa shape index (κ3) is 3.15. The number of carbonyl (C=O) groups is 1. The van der Waals surface area contributed by atoms with Gasteiger partial charge in [-0.2, -0.15) is 0 Å². The van der Waals surface area contributed by atoms with E-state index in [-0.39, 0.29) is 11.0 Å². The Kier molecular flexibility index (Phi) is 3.80. The van der Waals surface area contributed by atoms with Crippen molar-refractivity contribution in [3.8, 4) is 0 Å². The van der Waals surface area contributed by atoms with E-state index in [2.05, 4.69) is 5.32 Å². The van der Waals surface area contributed by atoms with Crippen molar-refractivity contribution in [2.24, 2.45) is 0 Å². The largest absolute Gasteiger partial charge is 0.480 e. The van der Waals surface area contributed by atoms with E-state index in [1.165, 1.54) is 0 Å². The Bertz CT molecular complexity index is 220. The summed E-state index contributed by atoms with van der Waals surface area (Å²) >= 11 is 1.65. The van der Waals surface area contributed by atoms with Crippen LogP contribution in [0, 0.1) is 0 Å². The number of hydrogen-bond acceptors (Lipinski definition) is 4. The Morgan fingerprint density at radius 2 is 2.36 bits per heavy atom. The molecule has 1 rings (SSSR count). The molecular formula is C9H17NO3S. The van der Waals surface area contributed by atoms with Crippen LogP contribution in [0.4, 0.5) is 0 Å². The van der Waals surface area contributed by atoms with Crippen LogP contribution in [0.1, 0.15) is 20.3 Å². The van der Waals surface area contributed by atoms with Crippen LogP contribution in [0.25, 0.3) is 0 Å². The maximum Gasteiger partial charge on any atom is 0.321 e. The second kappa shape index (κ2) is 4.51. The number of nitrogens with one attached hydrogen (secondary N) is 1. The van der Waals surface area contributed by atoms with Crippen molar-refractivity contribution < 1.29 is 14.6 Å². The van der Waals surface area contributed by atoms with E-state index in [9.17, 15) is 4.79 Å². The summed E-state index contributed by atoms with van der Waals surface area (Å²) in [5, 5.41) is 12.0. The summed E-state index contributed by atoms with van der Waals surface area (Å²) in [6.45, 7) is 4.01. The number of carboxylic acids is 1. The topological polar surface area (TPSA) is 58.6 Å². The minimum Gasteiger partial charge on any atom is -0.480 e. The molecule has 0 aliphatic carbocycles. The fourth-order valence-electron chi connectivity index (χ4n) is 1.32. The zero-order chi connectivity index (χ0) is 10.8. The van der Waals surface area contributed by atoms with Gasteiger partial charge in [0.05, 0.1) is 11.0 Å². The normalized spacial score (nSPS) is 27.9. The van der Waals surface area contributed by atoms with Gasteiger partial charge in [0.1, 0.15) is 6.04 Å². The van der Waals surface area contributed by atoms with Crippen LogP contribution in [-0.4, -0.2) is 41.0 Å². The van der Waals surface area contributed by atoms with E-state index in [0.717, 1.165) is 6.42 Å². The maximum atomic E-state index is 10.7. The molecule has 14 heavy (non-hydrogen) atoms. The van der Waals surface area contributed by atoms with Crippen molar-refractivity contribution >= 4 is 17.7 Å². The van der Waals surface area contributed by atoms with E-state index in [4.69, 9.17) is 9.84 Å². The first-order valence-electron chi connectivity index (χ1n) is 4.60. The molecule has 1 unspecified atom stereocenters. The standard InChI is InChI=1S/C9H17NO3S/c1-9(2,13-3)4-7-10-6(5-14-7)8(11)12/h6-7,10H,4-5H2,1-3H3,(H,11,12)/t6-,7?/m1/s1. The second-order valence-corrected chi connectivity index (χ2v) is 5.28. The van der Waals surface area contributed by atoms with Gasteiger partial charge in [0.2, 0.25) is 0 Å². The van der Waals surface area contributed by atoms with Crippen LogP contribution in [0.15, 0.2) is 0 Å². The molecule has 2 N–H and O–H groups in total. The van der Waals surface area contributed by atoms with Gasteiger partial charge in [-0.05, 0) is 13.8 Å². The molecule has 1 aliphatic heterocycles. The Balaban J connectivity index is 2.39. The van der Waals surface area contributed by atoms with Crippen LogP contribution in [0.2, 0.25) is 0 Å². The Morgan fingerprint density at radius 1 is 1.71 bits per heavy atom. The monoisotopic (exact) mass is 219 g/mol. The first-order chi connectivity index (χ1) is 6.44. The van der Waals surface area contributed by atoms with Gasteiger partial charge in [0, 0.05) is 19.3 Å². The van der Waals surface area contributed by atoms with E-state index >= 15 is 0 Å². The lowest BCUT2D eigenvalue weighted by atomic mass is 10.1. The van der Waals surface area contributed by atoms with Gasteiger partial charge in [-0.25, -0.2) is 0 Å². The van der Waals surface area contributed by atoms with Gasteiger partial charge in [0.15, 0.2) is 0 Å². The average Bonchev–Trinajstić information content (AvgIpc) is 2.52. The molecule has 4 nitrogen and oxygen atoms in total. The molecule has 2 atom stereocenters. The Hall–Kier alpha value is -0.260. The molecule has 0 amide bonds. The number of ether oxygens (including phenoxy) is 1. The van der Waals surface area contributed by atoms with E-state index < -0.39 is 12.0 Å². The molecule has 0 aromatic carbocycles. The SMILES string of the molecule is COC(C)(C)CC1N[C@@H](C(=O)O)CS1. The number of carboxylic acid groups (broad SMARTS) is 1. The van der Waals surface area contributed by atoms with Crippen LogP contribution in [-0.2, 0) is 9.53 Å². The smallest absolute Gasteiger partial charge is 0.321 e. The molecule has 1 fully saturated rings. The average molecular weight is 219 g/mol. The highest BCUT2D eigenvalue weighted by atomic mass is 32.2. The number of thioether (sulfide) groups is 1. The van der Waals surface area contributed by atoms with Crippen molar-refractivity contribution in [1.29, 1.82) is 0 Å². The molecule has 5 heteroatoms. The third-order valence-corrected chi connectivity index (χ3v) is 3.61. The van der Waals surface area contributed by atoms with Crippen molar-refractivity contribution in [3.63, 3.8) is 0 Å². The van der Waals surface area contributed by atoms with Gasteiger partial charge in [-0.3, -0.25) is 10.1 Å². The number of aliphatic carboxylic acids is 1. The Labute approximate surface area is 88.4 Å². The van der Waals surface area contributed by atoms with Crippen LogP contribution < -0.4 is 5.32 Å². The number of hydrogen-bond donors (Lipinski definition) is 2. The molecule has 1 heterocycles. The predicted octanol–water partition coefficient (Wildman–Crippen LogP) is 0.917. The van der Waals surface area contributed by atoms with Gasteiger partial charge in [-0.1, -0.05) is 0 Å². The fourth-order valence-corrected chi connectivity index (χ4v) is 2.77. The first kappa shape index (κ1) is 11.8. The Morgan fingerprint density at radius 3 is 2.79 bits per heavy atom. The first-order valence-corrected chi connectivity index (χ1v) is 5.65. The zero-order valence-corrected chi connectivity index (χ0v) is 9.56. The molecule has 82 valence electrons. The summed E-state index contributed by atoms with van der Waals surface area (Å²) in [6.07, 6.45) is 0.817. The highest BCUT2D eigenvalue weighted by Crippen LogP contribution is 2.27. The number of rotatable bonds is 4. The molecular weight excluding hydrogens is 202 g/mol. The molecule has 0 aromatic heterocycles. The summed E-state index contributed by atoms with van der Waals surface area (Å²) in [6, 6.07) is -0.405. The molecule has 0 bridgehead atoms. The lowest BCUT2D eigenvalue weighted by Gasteiger charge is -2.26. The van der Waals surface area contributed by atoms with E-state index in [0.29, 0.717) is 5.75 Å². The lowest BCUT2D eigenvalue weighted by molar-refractivity contribution is -0.138. The predicted molar refractivity (Wildman–Crippen MR) is 56.5 cm³/mol. The molecule has 0 saturated carbocycles. The molecule has 1 aliphatic rings. The van der Waals surface area contributed by atoms with E-state index in [1.807, 2.05) is 13.8 Å². The van der Waals surface area contributed by atoms with Gasteiger partial charge in [-0.15, -0.1) is 11.8 Å². The van der Waals surface area contributed by atoms with Gasteiger partial charge < -0.3 is 9.84 Å². The van der Waals surface area contributed by atoms with Crippen LogP contribution >= 0.6 is 11.8 Å². The van der Waals surface area contributed by atoms with Gasteiger partial charge in [0.25, 0.3) is 0 Å². The summed E-state index contributed by atoms with van der Waals surface area (Å²) in [5.74, 6) is -0.130. The van der Waals surface area contributed by atoms with Crippen molar-refractivity contribution in [1.82, 2.24) is 5.32 Å². The quantitative estimate of drug-likeness (QED) is 0.736. The highest BCUT2D eigenvalue weighted by molar-refractivity contribution is 8.00. The maximum absolute atomic E-state index is 10.7. The molecule has 1 saturated heterocycles. The third-order valence-electron chi connectivity index (χ3n) is 2.38. The molecule has 0 aromatic rings. The number of methoxy groups -OCH3 is 1. The highest BCUT2D eigenvalue weighted by Gasteiger charge is 2.33. The van der Waals surface area contributed by atoms with Gasteiger partial charge >= 0.3 is 5.97 Å².